The molecule has 110 valence electrons. The first-order chi connectivity index (χ1) is 9.60. The highest BCUT2D eigenvalue weighted by atomic mass is 16.6. The van der Waals surface area contributed by atoms with Crippen molar-refractivity contribution in [2.75, 3.05) is 25.4 Å². The summed E-state index contributed by atoms with van der Waals surface area (Å²) in [7, 11) is 0. The van der Waals surface area contributed by atoms with E-state index in [1.54, 1.807) is 12.1 Å². The zero-order valence-electron chi connectivity index (χ0n) is 11.7. The summed E-state index contributed by atoms with van der Waals surface area (Å²) in [4.78, 5) is 12.7. The number of nitrogens with zero attached hydrogens (tertiary/aromatic N) is 2. The van der Waals surface area contributed by atoms with Gasteiger partial charge < -0.3 is 10.5 Å². The van der Waals surface area contributed by atoms with Gasteiger partial charge in [0.1, 0.15) is 0 Å². The summed E-state index contributed by atoms with van der Waals surface area (Å²) in [6.07, 6.45) is 2.42. The molecule has 1 unspecified atom stereocenters. The summed E-state index contributed by atoms with van der Waals surface area (Å²) in [5.74, 6) is 0. The van der Waals surface area contributed by atoms with E-state index < -0.39 is 0 Å². The zero-order valence-corrected chi connectivity index (χ0v) is 11.7. The lowest BCUT2D eigenvalue weighted by atomic mass is 10.1. The van der Waals surface area contributed by atoms with Gasteiger partial charge in [0, 0.05) is 37.5 Å². The van der Waals surface area contributed by atoms with Crippen LogP contribution in [0.5, 0.6) is 0 Å². The molecule has 6 heteroatoms. The van der Waals surface area contributed by atoms with Crippen LogP contribution in [-0.4, -0.2) is 35.6 Å². The fourth-order valence-corrected chi connectivity index (χ4v) is 2.61. The first kappa shape index (κ1) is 14.7. The molecule has 0 amide bonds. The van der Waals surface area contributed by atoms with E-state index in [4.69, 9.17) is 10.5 Å². The third-order valence-electron chi connectivity index (χ3n) is 3.60. The molecule has 0 saturated carbocycles. The second-order valence-electron chi connectivity index (χ2n) is 5.09. The number of hydrogen-bond acceptors (Lipinski definition) is 5. The van der Waals surface area contributed by atoms with Gasteiger partial charge in [-0.3, -0.25) is 15.0 Å². The Kier molecular flexibility index (Phi) is 4.92. The van der Waals surface area contributed by atoms with Crippen LogP contribution < -0.4 is 5.73 Å². The molecule has 6 nitrogen and oxygen atoms in total. The Morgan fingerprint density at radius 3 is 3.05 bits per heavy atom. The first-order valence-corrected chi connectivity index (χ1v) is 6.97. The fourth-order valence-electron chi connectivity index (χ4n) is 2.61. The van der Waals surface area contributed by atoms with Gasteiger partial charge in [-0.05, 0) is 37.9 Å². The Bertz CT molecular complexity index is 477. The van der Waals surface area contributed by atoms with Gasteiger partial charge in [0.15, 0.2) is 0 Å². The number of piperidine rings is 1. The lowest BCUT2D eigenvalue weighted by molar-refractivity contribution is -0.384. The number of ether oxygens (including phenoxy) is 1. The van der Waals surface area contributed by atoms with E-state index in [9.17, 15) is 10.1 Å². The summed E-state index contributed by atoms with van der Waals surface area (Å²) >= 11 is 0. The van der Waals surface area contributed by atoms with Crippen molar-refractivity contribution in [3.8, 4) is 0 Å². The van der Waals surface area contributed by atoms with E-state index in [0.717, 1.165) is 38.1 Å². The monoisotopic (exact) mass is 279 g/mol. The minimum atomic E-state index is -0.387. The maximum Gasteiger partial charge on any atom is 0.269 e. The molecule has 0 aromatic heterocycles. The number of hydrogen-bond donors (Lipinski definition) is 1. The van der Waals surface area contributed by atoms with Crippen molar-refractivity contribution in [1.82, 2.24) is 4.90 Å². The van der Waals surface area contributed by atoms with Gasteiger partial charge in [-0.2, -0.15) is 0 Å². The maximum atomic E-state index is 10.8. The van der Waals surface area contributed by atoms with Crippen molar-refractivity contribution in [2.24, 2.45) is 0 Å². The summed E-state index contributed by atoms with van der Waals surface area (Å²) in [6, 6.07) is 4.62. The second kappa shape index (κ2) is 6.67. The van der Waals surface area contributed by atoms with Crippen LogP contribution in [0.3, 0.4) is 0 Å². The highest BCUT2D eigenvalue weighted by molar-refractivity contribution is 5.52. The summed E-state index contributed by atoms with van der Waals surface area (Å²) in [5.41, 5.74) is 7.43. The predicted octanol–water partition coefficient (Wildman–Crippen LogP) is 2.18. The van der Waals surface area contributed by atoms with Crippen LogP contribution in [0.4, 0.5) is 11.4 Å². The third-order valence-corrected chi connectivity index (χ3v) is 3.60. The number of nitro groups is 1. The lowest BCUT2D eigenvalue weighted by Crippen LogP contribution is -2.39. The molecule has 1 aliphatic heterocycles. The molecule has 1 fully saturated rings. The summed E-state index contributed by atoms with van der Waals surface area (Å²) < 4.78 is 5.66. The Morgan fingerprint density at radius 2 is 2.35 bits per heavy atom. The van der Waals surface area contributed by atoms with Crippen molar-refractivity contribution >= 4 is 11.4 Å². The van der Waals surface area contributed by atoms with E-state index in [-0.39, 0.29) is 16.7 Å². The number of non-ortho nitro benzene ring substituents is 1. The molecule has 1 atom stereocenters. The molecule has 20 heavy (non-hydrogen) atoms. The molecule has 0 bridgehead atoms. The zero-order chi connectivity index (χ0) is 14.5. The van der Waals surface area contributed by atoms with Crippen molar-refractivity contribution in [3.63, 3.8) is 0 Å². The van der Waals surface area contributed by atoms with Crippen LogP contribution in [0.1, 0.15) is 25.3 Å². The normalized spacial score (nSPS) is 19.9. The Hall–Kier alpha value is -1.66. The highest BCUT2D eigenvalue weighted by Gasteiger charge is 2.21. The quantitative estimate of drug-likeness (QED) is 0.507. The van der Waals surface area contributed by atoms with Crippen LogP contribution in [0.25, 0.3) is 0 Å². The number of nitro benzene ring substituents is 1. The van der Waals surface area contributed by atoms with Crippen molar-refractivity contribution in [2.45, 2.75) is 32.4 Å². The molecule has 2 rings (SSSR count). The minimum Gasteiger partial charge on any atom is -0.398 e. The predicted molar refractivity (Wildman–Crippen MR) is 77.4 cm³/mol. The molecule has 1 aromatic carbocycles. The van der Waals surface area contributed by atoms with E-state index in [0.29, 0.717) is 12.2 Å². The van der Waals surface area contributed by atoms with Gasteiger partial charge in [0.25, 0.3) is 5.69 Å². The Labute approximate surface area is 118 Å². The van der Waals surface area contributed by atoms with Crippen LogP contribution in [0.15, 0.2) is 18.2 Å². The SMILES string of the molecule is CCOC1CCCN(Cc2cc([N+](=O)[O-])ccc2N)C1. The van der Waals surface area contributed by atoms with Crippen LogP contribution in [0.2, 0.25) is 0 Å². The molecule has 0 spiro atoms. The number of benzene rings is 1. The molecule has 1 saturated heterocycles. The summed E-state index contributed by atoms with van der Waals surface area (Å²) in [6.45, 7) is 5.19. The highest BCUT2D eigenvalue weighted by Crippen LogP contribution is 2.23. The topological polar surface area (TPSA) is 81.6 Å². The van der Waals surface area contributed by atoms with Gasteiger partial charge in [0.2, 0.25) is 0 Å². The van der Waals surface area contributed by atoms with Crippen molar-refractivity contribution < 1.29 is 9.66 Å². The molecular formula is C14H21N3O3. The second-order valence-corrected chi connectivity index (χ2v) is 5.09. The minimum absolute atomic E-state index is 0.0903. The summed E-state index contributed by atoms with van der Waals surface area (Å²) in [5, 5.41) is 10.8. The van der Waals surface area contributed by atoms with Crippen molar-refractivity contribution in [1.29, 1.82) is 0 Å². The van der Waals surface area contributed by atoms with Crippen LogP contribution in [-0.2, 0) is 11.3 Å². The Morgan fingerprint density at radius 1 is 1.55 bits per heavy atom. The molecular weight excluding hydrogens is 258 g/mol. The first-order valence-electron chi connectivity index (χ1n) is 6.97. The fraction of sp³-hybridized carbons (Fsp3) is 0.571. The number of nitrogens with two attached hydrogens (primary N) is 1. The molecule has 0 aliphatic carbocycles. The largest absolute Gasteiger partial charge is 0.398 e. The van der Waals surface area contributed by atoms with E-state index >= 15 is 0 Å². The molecule has 2 N–H and O–H groups in total. The van der Waals surface area contributed by atoms with E-state index in [1.165, 1.54) is 6.07 Å². The van der Waals surface area contributed by atoms with E-state index in [2.05, 4.69) is 4.90 Å². The molecule has 1 aliphatic rings. The smallest absolute Gasteiger partial charge is 0.269 e. The maximum absolute atomic E-state index is 10.8. The molecule has 1 heterocycles. The number of nitrogen functional groups attached to an aromatic ring is 1. The van der Waals surface area contributed by atoms with Gasteiger partial charge >= 0.3 is 0 Å². The van der Waals surface area contributed by atoms with Gasteiger partial charge in [-0.15, -0.1) is 0 Å². The van der Waals surface area contributed by atoms with Crippen LogP contribution in [0, 0.1) is 10.1 Å². The molecule has 0 radical (unpaired) electrons. The average molecular weight is 279 g/mol. The van der Waals surface area contributed by atoms with Crippen LogP contribution >= 0.6 is 0 Å². The van der Waals surface area contributed by atoms with Gasteiger partial charge in [-0.1, -0.05) is 0 Å². The third kappa shape index (κ3) is 3.68. The van der Waals surface area contributed by atoms with Gasteiger partial charge in [-0.25, -0.2) is 0 Å². The standard InChI is InChI=1S/C14H21N3O3/c1-2-20-13-4-3-7-16(10-13)9-11-8-12(17(18)19)5-6-14(11)15/h5-6,8,13H,2-4,7,9-10,15H2,1H3. The van der Waals surface area contributed by atoms with Gasteiger partial charge in [0.05, 0.1) is 11.0 Å². The average Bonchev–Trinajstić information content (AvgIpc) is 2.42. The lowest BCUT2D eigenvalue weighted by Gasteiger charge is -2.32. The van der Waals surface area contributed by atoms with Crippen molar-refractivity contribution in [3.05, 3.63) is 33.9 Å². The molecule has 1 aromatic rings. The van der Waals surface area contributed by atoms with E-state index in [1.807, 2.05) is 6.92 Å². The number of likely N-dealkylation sites (tertiary alicyclic amines) is 1. The number of anilines is 1. The number of rotatable bonds is 5. The Balaban J connectivity index is 2.05.